The molecular formula is C13H25NS. The van der Waals surface area contributed by atoms with Crippen molar-refractivity contribution in [1.82, 2.24) is 5.32 Å². The number of nitrogens with one attached hydrogen (secondary N) is 1. The van der Waals surface area contributed by atoms with Crippen LogP contribution in [0.4, 0.5) is 0 Å². The smallest absolute Gasteiger partial charge is 0.0179 e. The fourth-order valence-corrected chi connectivity index (χ4v) is 4.32. The fraction of sp³-hybridized carbons (Fsp3) is 1.00. The highest BCUT2D eigenvalue weighted by molar-refractivity contribution is 8.00. The summed E-state index contributed by atoms with van der Waals surface area (Å²) in [5, 5.41) is 4.78. The molecule has 0 amide bonds. The van der Waals surface area contributed by atoms with Gasteiger partial charge in [0.2, 0.25) is 0 Å². The summed E-state index contributed by atoms with van der Waals surface area (Å²) in [6.07, 6.45) is 11.4. The van der Waals surface area contributed by atoms with Crippen LogP contribution >= 0.6 is 11.8 Å². The van der Waals surface area contributed by atoms with Gasteiger partial charge in [-0.1, -0.05) is 13.3 Å². The van der Waals surface area contributed by atoms with Crippen LogP contribution in [0.25, 0.3) is 0 Å². The molecule has 0 spiro atoms. The minimum Gasteiger partial charge on any atom is -0.311 e. The second-order valence-corrected chi connectivity index (χ2v) is 6.60. The van der Waals surface area contributed by atoms with E-state index in [1.54, 1.807) is 0 Å². The summed E-state index contributed by atoms with van der Waals surface area (Å²) in [6.45, 7) is 3.62. The Morgan fingerprint density at radius 1 is 1.33 bits per heavy atom. The van der Waals surface area contributed by atoms with Gasteiger partial charge in [-0.3, -0.25) is 0 Å². The number of rotatable bonds is 4. The molecule has 2 fully saturated rings. The molecule has 2 aliphatic rings. The van der Waals surface area contributed by atoms with Crippen molar-refractivity contribution in [1.29, 1.82) is 0 Å². The molecule has 2 unspecified atom stereocenters. The lowest BCUT2D eigenvalue weighted by Gasteiger charge is -2.38. The van der Waals surface area contributed by atoms with Crippen LogP contribution in [0.5, 0.6) is 0 Å². The lowest BCUT2D eigenvalue weighted by Crippen LogP contribution is -2.48. The first-order valence-corrected chi connectivity index (χ1v) is 7.76. The van der Waals surface area contributed by atoms with Crippen LogP contribution < -0.4 is 5.32 Å². The Balaban J connectivity index is 1.78. The first-order chi connectivity index (χ1) is 7.35. The Hall–Kier alpha value is 0.310. The van der Waals surface area contributed by atoms with Crippen LogP contribution in [0, 0.1) is 0 Å². The molecule has 0 radical (unpaired) electrons. The summed E-state index contributed by atoms with van der Waals surface area (Å²) in [7, 11) is 0. The first-order valence-electron chi connectivity index (χ1n) is 6.71. The van der Waals surface area contributed by atoms with Crippen LogP contribution in [0.1, 0.15) is 58.3 Å². The van der Waals surface area contributed by atoms with Crippen LogP contribution in [-0.4, -0.2) is 23.1 Å². The van der Waals surface area contributed by atoms with Crippen LogP contribution in [0.15, 0.2) is 0 Å². The predicted octanol–water partition coefficient (Wildman–Crippen LogP) is 3.58. The first kappa shape index (κ1) is 11.8. The van der Waals surface area contributed by atoms with Gasteiger partial charge in [-0.2, -0.15) is 11.8 Å². The summed E-state index contributed by atoms with van der Waals surface area (Å²) < 4.78 is 0. The molecule has 0 aliphatic carbocycles. The average molecular weight is 227 g/mol. The highest BCUT2D eigenvalue weighted by atomic mass is 32.2. The standard InChI is InChI=1S/C13H25NS/c1-2-13(8-3-4-10-14-13)9-7-12-6-5-11-15-12/h12,14H,2-11H2,1H3. The third-order valence-electron chi connectivity index (χ3n) is 4.23. The predicted molar refractivity (Wildman–Crippen MR) is 69.6 cm³/mol. The topological polar surface area (TPSA) is 12.0 Å². The SMILES string of the molecule is CCC1(CCC2CCCS2)CCCCN1. The van der Waals surface area contributed by atoms with Crippen molar-refractivity contribution in [2.75, 3.05) is 12.3 Å². The average Bonchev–Trinajstić information content (AvgIpc) is 2.81. The summed E-state index contributed by atoms with van der Waals surface area (Å²) in [5.74, 6) is 1.41. The van der Waals surface area contributed by atoms with E-state index in [0.29, 0.717) is 5.54 Å². The number of hydrogen-bond acceptors (Lipinski definition) is 2. The van der Waals surface area contributed by atoms with Crippen molar-refractivity contribution in [3.05, 3.63) is 0 Å². The van der Waals surface area contributed by atoms with E-state index >= 15 is 0 Å². The van der Waals surface area contributed by atoms with Gasteiger partial charge >= 0.3 is 0 Å². The molecule has 2 aliphatic heterocycles. The van der Waals surface area contributed by atoms with E-state index in [9.17, 15) is 0 Å². The molecular weight excluding hydrogens is 202 g/mol. The molecule has 0 bridgehead atoms. The molecule has 2 heteroatoms. The van der Waals surface area contributed by atoms with Crippen molar-refractivity contribution < 1.29 is 0 Å². The maximum absolute atomic E-state index is 3.80. The minimum absolute atomic E-state index is 0.515. The van der Waals surface area contributed by atoms with E-state index in [1.807, 2.05) is 0 Å². The van der Waals surface area contributed by atoms with Gasteiger partial charge in [-0.15, -0.1) is 0 Å². The van der Waals surface area contributed by atoms with E-state index in [4.69, 9.17) is 0 Å². The Bertz CT molecular complexity index is 181. The molecule has 1 nitrogen and oxygen atoms in total. The molecule has 0 aromatic carbocycles. The number of piperidine rings is 1. The van der Waals surface area contributed by atoms with Crippen LogP contribution in [0.2, 0.25) is 0 Å². The van der Waals surface area contributed by atoms with Crippen LogP contribution in [0.3, 0.4) is 0 Å². The Labute approximate surface area is 98.8 Å². The van der Waals surface area contributed by atoms with Crippen molar-refractivity contribution in [2.24, 2.45) is 0 Å². The lowest BCUT2D eigenvalue weighted by atomic mass is 9.82. The zero-order valence-electron chi connectivity index (χ0n) is 10.1. The highest BCUT2D eigenvalue weighted by Crippen LogP contribution is 2.34. The van der Waals surface area contributed by atoms with Gasteiger partial charge < -0.3 is 5.32 Å². The largest absolute Gasteiger partial charge is 0.311 e. The molecule has 0 aromatic heterocycles. The van der Waals surface area contributed by atoms with E-state index in [1.165, 1.54) is 63.7 Å². The third-order valence-corrected chi connectivity index (χ3v) is 5.69. The van der Waals surface area contributed by atoms with Crippen LogP contribution in [-0.2, 0) is 0 Å². The fourth-order valence-electron chi connectivity index (χ4n) is 3.03. The van der Waals surface area contributed by atoms with Gasteiger partial charge in [0.25, 0.3) is 0 Å². The second-order valence-electron chi connectivity index (χ2n) is 5.19. The summed E-state index contributed by atoms with van der Waals surface area (Å²) >= 11 is 2.21. The zero-order chi connectivity index (χ0) is 10.6. The molecule has 0 saturated carbocycles. The van der Waals surface area contributed by atoms with Gasteiger partial charge in [0.05, 0.1) is 0 Å². The summed E-state index contributed by atoms with van der Waals surface area (Å²) in [6, 6.07) is 0. The molecule has 2 rings (SSSR count). The van der Waals surface area contributed by atoms with Gasteiger partial charge in [-0.25, -0.2) is 0 Å². The quantitative estimate of drug-likeness (QED) is 0.788. The Morgan fingerprint density at radius 3 is 2.87 bits per heavy atom. The van der Waals surface area contributed by atoms with Crippen molar-refractivity contribution in [2.45, 2.75) is 69.1 Å². The molecule has 15 heavy (non-hydrogen) atoms. The highest BCUT2D eigenvalue weighted by Gasteiger charge is 2.30. The Kier molecular flexibility index (Phi) is 4.39. The molecule has 2 heterocycles. The summed E-state index contributed by atoms with van der Waals surface area (Å²) in [4.78, 5) is 0. The summed E-state index contributed by atoms with van der Waals surface area (Å²) in [5.41, 5.74) is 0.515. The monoisotopic (exact) mass is 227 g/mol. The van der Waals surface area contributed by atoms with Gasteiger partial charge in [0.15, 0.2) is 0 Å². The van der Waals surface area contributed by atoms with Gasteiger partial charge in [-0.05, 0) is 57.2 Å². The van der Waals surface area contributed by atoms with E-state index in [-0.39, 0.29) is 0 Å². The minimum atomic E-state index is 0.515. The van der Waals surface area contributed by atoms with Gasteiger partial charge in [0.1, 0.15) is 0 Å². The van der Waals surface area contributed by atoms with E-state index in [0.717, 1.165) is 5.25 Å². The molecule has 2 atom stereocenters. The van der Waals surface area contributed by atoms with E-state index < -0.39 is 0 Å². The maximum Gasteiger partial charge on any atom is 0.0179 e. The van der Waals surface area contributed by atoms with Crippen molar-refractivity contribution in [3.8, 4) is 0 Å². The molecule has 88 valence electrons. The number of thioether (sulfide) groups is 1. The molecule has 0 aromatic rings. The lowest BCUT2D eigenvalue weighted by molar-refractivity contribution is 0.223. The zero-order valence-corrected chi connectivity index (χ0v) is 10.9. The second kappa shape index (κ2) is 5.58. The van der Waals surface area contributed by atoms with Crippen molar-refractivity contribution in [3.63, 3.8) is 0 Å². The number of hydrogen-bond donors (Lipinski definition) is 1. The third kappa shape index (κ3) is 3.13. The molecule has 2 saturated heterocycles. The maximum atomic E-state index is 3.80. The van der Waals surface area contributed by atoms with Gasteiger partial charge in [0, 0.05) is 10.8 Å². The molecule has 1 N–H and O–H groups in total. The Morgan fingerprint density at radius 2 is 2.27 bits per heavy atom. The normalized spacial score (nSPS) is 37.0. The van der Waals surface area contributed by atoms with Crippen molar-refractivity contribution >= 4 is 11.8 Å². The van der Waals surface area contributed by atoms with E-state index in [2.05, 4.69) is 24.0 Å².